The summed E-state index contributed by atoms with van der Waals surface area (Å²) in [5.41, 5.74) is 2.33. The summed E-state index contributed by atoms with van der Waals surface area (Å²) in [5.74, 6) is -0.201. The van der Waals surface area contributed by atoms with Crippen molar-refractivity contribution in [3.63, 3.8) is 0 Å². The summed E-state index contributed by atoms with van der Waals surface area (Å²) in [6, 6.07) is 12.7. The maximum Gasteiger partial charge on any atom is 0.326 e. The van der Waals surface area contributed by atoms with Gasteiger partial charge in [0.25, 0.3) is 5.91 Å². The number of carbonyl (C=O) groups is 1. The van der Waals surface area contributed by atoms with Gasteiger partial charge in [-0.3, -0.25) is 14.3 Å². The number of aryl methyl sites for hydroxylation is 1. The molecule has 126 valence electrons. The molecule has 1 amide bonds. The van der Waals surface area contributed by atoms with Gasteiger partial charge in [0, 0.05) is 25.4 Å². The van der Waals surface area contributed by atoms with Crippen LogP contribution < -0.4 is 5.69 Å². The minimum Gasteiger partial charge on any atom is -0.332 e. The molecule has 1 N–H and O–H groups in total. The molecule has 0 unspecified atom stereocenters. The van der Waals surface area contributed by atoms with Crippen molar-refractivity contribution in [1.82, 2.24) is 19.4 Å². The summed E-state index contributed by atoms with van der Waals surface area (Å²) in [6.07, 6.45) is 1.91. The summed E-state index contributed by atoms with van der Waals surface area (Å²) in [5, 5.41) is 8.86. The maximum atomic E-state index is 12.9. The van der Waals surface area contributed by atoms with Crippen LogP contribution in [0.5, 0.6) is 0 Å². The van der Waals surface area contributed by atoms with Gasteiger partial charge in [0.05, 0.1) is 35.8 Å². The number of amides is 1. The molecule has 0 fully saturated rings. The van der Waals surface area contributed by atoms with Crippen LogP contribution in [0, 0.1) is 11.3 Å². The molecule has 0 bridgehead atoms. The van der Waals surface area contributed by atoms with E-state index in [1.165, 1.54) is 4.57 Å². The lowest BCUT2D eigenvalue weighted by molar-refractivity contribution is 0.0745. The minimum absolute atomic E-state index is 0.201. The van der Waals surface area contributed by atoms with Crippen LogP contribution in [-0.2, 0) is 13.6 Å². The number of pyridine rings is 1. The second-order valence-electron chi connectivity index (χ2n) is 5.68. The van der Waals surface area contributed by atoms with Crippen molar-refractivity contribution >= 4 is 16.9 Å². The molecular weight excluding hydrogens is 318 g/mol. The summed E-state index contributed by atoms with van der Waals surface area (Å²) < 4.78 is 1.49. The van der Waals surface area contributed by atoms with Crippen LogP contribution in [0.2, 0.25) is 0 Å². The molecule has 2 heterocycles. The van der Waals surface area contributed by atoms with Crippen molar-refractivity contribution in [1.29, 1.82) is 5.26 Å². The lowest BCUT2D eigenvalue weighted by atomic mass is 10.1. The summed E-state index contributed by atoms with van der Waals surface area (Å²) >= 11 is 0. The quantitative estimate of drug-likeness (QED) is 0.769. The average molecular weight is 335 g/mol. The molecule has 0 saturated carbocycles. The van der Waals surface area contributed by atoms with Crippen molar-refractivity contribution in [3.8, 4) is 6.07 Å². The fraction of sp³-hybridized carbons (Fsp3) is 0.222. The molecule has 2 aromatic heterocycles. The van der Waals surface area contributed by atoms with E-state index >= 15 is 0 Å². The zero-order valence-corrected chi connectivity index (χ0v) is 13.8. The van der Waals surface area contributed by atoms with E-state index in [9.17, 15) is 9.59 Å². The molecule has 3 rings (SSSR count). The van der Waals surface area contributed by atoms with Gasteiger partial charge in [0.15, 0.2) is 0 Å². The molecule has 0 aliphatic heterocycles. The van der Waals surface area contributed by atoms with Crippen molar-refractivity contribution < 1.29 is 4.79 Å². The first-order chi connectivity index (χ1) is 12.1. The van der Waals surface area contributed by atoms with E-state index in [2.05, 4.69) is 16.0 Å². The SMILES string of the molecule is Cn1c(=O)[nH]c2cc(C(=O)N(CCC#N)Cc3ccccn3)ccc21. The molecular formula is C18H17N5O2. The van der Waals surface area contributed by atoms with Gasteiger partial charge in [0.2, 0.25) is 0 Å². The number of hydrogen-bond donors (Lipinski definition) is 1. The summed E-state index contributed by atoms with van der Waals surface area (Å²) in [7, 11) is 1.67. The first-order valence-corrected chi connectivity index (χ1v) is 7.85. The third-order valence-corrected chi connectivity index (χ3v) is 4.01. The third-order valence-electron chi connectivity index (χ3n) is 4.01. The van der Waals surface area contributed by atoms with Gasteiger partial charge in [-0.25, -0.2) is 4.79 Å². The Labute approximate surface area is 144 Å². The van der Waals surface area contributed by atoms with Gasteiger partial charge in [-0.15, -0.1) is 0 Å². The number of rotatable bonds is 5. The third kappa shape index (κ3) is 3.43. The Hall–Kier alpha value is -3.40. The smallest absolute Gasteiger partial charge is 0.326 e. The number of H-pyrrole nitrogens is 1. The molecule has 0 atom stereocenters. The van der Waals surface area contributed by atoms with Crippen LogP contribution in [0.4, 0.5) is 0 Å². The summed E-state index contributed by atoms with van der Waals surface area (Å²) in [4.78, 5) is 33.1. The predicted octanol–water partition coefficient (Wildman–Crippen LogP) is 1.82. The van der Waals surface area contributed by atoms with Crippen LogP contribution in [-0.4, -0.2) is 31.9 Å². The predicted molar refractivity (Wildman–Crippen MR) is 92.7 cm³/mol. The van der Waals surface area contributed by atoms with Crippen molar-refractivity contribution in [2.75, 3.05) is 6.54 Å². The van der Waals surface area contributed by atoms with E-state index < -0.39 is 0 Å². The molecule has 0 radical (unpaired) electrons. The van der Waals surface area contributed by atoms with Crippen LogP contribution >= 0.6 is 0 Å². The fourth-order valence-electron chi connectivity index (χ4n) is 2.68. The normalized spacial score (nSPS) is 10.6. The molecule has 0 saturated heterocycles. The van der Waals surface area contributed by atoms with Crippen LogP contribution in [0.15, 0.2) is 47.4 Å². The molecule has 1 aromatic carbocycles. The first-order valence-electron chi connectivity index (χ1n) is 7.85. The maximum absolute atomic E-state index is 12.9. The van der Waals surface area contributed by atoms with Crippen molar-refractivity contribution in [2.45, 2.75) is 13.0 Å². The Morgan fingerprint density at radius 1 is 1.36 bits per heavy atom. The number of aromatic nitrogens is 3. The van der Waals surface area contributed by atoms with Crippen LogP contribution in [0.3, 0.4) is 0 Å². The number of hydrogen-bond acceptors (Lipinski definition) is 4. The number of fused-ring (bicyclic) bond motifs is 1. The molecule has 0 aliphatic carbocycles. The zero-order chi connectivity index (χ0) is 17.8. The van der Waals surface area contributed by atoms with E-state index in [0.717, 1.165) is 11.2 Å². The number of benzene rings is 1. The average Bonchev–Trinajstić information content (AvgIpc) is 2.92. The van der Waals surface area contributed by atoms with E-state index in [0.29, 0.717) is 24.2 Å². The molecule has 7 heteroatoms. The monoisotopic (exact) mass is 335 g/mol. The molecule has 25 heavy (non-hydrogen) atoms. The highest BCUT2D eigenvalue weighted by Crippen LogP contribution is 2.15. The van der Waals surface area contributed by atoms with E-state index in [4.69, 9.17) is 5.26 Å². The topological polar surface area (TPSA) is 94.8 Å². The second-order valence-corrected chi connectivity index (χ2v) is 5.68. The lowest BCUT2D eigenvalue weighted by Gasteiger charge is -2.21. The van der Waals surface area contributed by atoms with Gasteiger partial charge in [-0.05, 0) is 30.3 Å². The molecule has 3 aromatic rings. The number of carbonyl (C=O) groups excluding carboxylic acids is 1. The summed E-state index contributed by atoms with van der Waals surface area (Å²) in [6.45, 7) is 0.639. The number of aromatic amines is 1. The first kappa shape index (κ1) is 16.5. The minimum atomic E-state index is -0.227. The number of nitrogens with one attached hydrogen (secondary N) is 1. The highest BCUT2D eigenvalue weighted by Gasteiger charge is 2.17. The largest absolute Gasteiger partial charge is 0.332 e. The van der Waals surface area contributed by atoms with Crippen LogP contribution in [0.25, 0.3) is 11.0 Å². The number of nitriles is 1. The van der Waals surface area contributed by atoms with Gasteiger partial charge < -0.3 is 9.88 Å². The highest BCUT2D eigenvalue weighted by molar-refractivity contribution is 5.97. The van der Waals surface area contributed by atoms with Gasteiger partial charge >= 0.3 is 5.69 Å². The Bertz CT molecular complexity index is 998. The van der Waals surface area contributed by atoms with Gasteiger partial charge in [-0.2, -0.15) is 5.26 Å². The molecule has 0 aliphatic rings. The van der Waals surface area contributed by atoms with Gasteiger partial charge in [-0.1, -0.05) is 6.07 Å². The van der Waals surface area contributed by atoms with E-state index in [1.54, 1.807) is 36.3 Å². The fourth-order valence-corrected chi connectivity index (χ4v) is 2.68. The Morgan fingerprint density at radius 3 is 2.92 bits per heavy atom. The zero-order valence-electron chi connectivity index (χ0n) is 13.8. The van der Waals surface area contributed by atoms with E-state index in [-0.39, 0.29) is 18.0 Å². The molecule has 7 nitrogen and oxygen atoms in total. The lowest BCUT2D eigenvalue weighted by Crippen LogP contribution is -2.31. The van der Waals surface area contributed by atoms with Crippen molar-refractivity contribution in [2.24, 2.45) is 7.05 Å². The van der Waals surface area contributed by atoms with Crippen LogP contribution in [0.1, 0.15) is 22.5 Å². The van der Waals surface area contributed by atoms with Crippen molar-refractivity contribution in [3.05, 3.63) is 64.3 Å². The second kappa shape index (κ2) is 7.01. The van der Waals surface area contributed by atoms with Gasteiger partial charge in [0.1, 0.15) is 0 Å². The highest BCUT2D eigenvalue weighted by atomic mass is 16.2. The number of imidazole rings is 1. The number of nitrogens with zero attached hydrogens (tertiary/aromatic N) is 4. The van der Waals surface area contributed by atoms with E-state index in [1.807, 2.05) is 18.2 Å². The Balaban J connectivity index is 1.91. The Kier molecular flexibility index (Phi) is 4.61. The molecule has 0 spiro atoms. The standard InChI is InChI=1S/C18H17N5O2/c1-22-16-7-6-13(11-15(16)21-18(22)25)17(24)23(10-4-8-19)12-14-5-2-3-9-20-14/h2-3,5-7,9,11H,4,10,12H2,1H3,(H,21,25). The Morgan fingerprint density at radius 2 is 2.20 bits per heavy atom.